The summed E-state index contributed by atoms with van der Waals surface area (Å²) in [6, 6.07) is 7.70. The van der Waals surface area contributed by atoms with E-state index in [-0.39, 0.29) is 17.9 Å². The van der Waals surface area contributed by atoms with E-state index >= 15 is 0 Å². The Labute approximate surface area is 190 Å². The molecule has 0 aliphatic carbocycles. The number of methoxy groups -OCH3 is 1. The number of fused-ring (bicyclic) bond motifs is 1. The molecule has 172 valence electrons. The van der Waals surface area contributed by atoms with Gasteiger partial charge in [-0.2, -0.15) is 4.98 Å². The summed E-state index contributed by atoms with van der Waals surface area (Å²) >= 11 is 0. The third-order valence-corrected chi connectivity index (χ3v) is 6.13. The zero-order valence-corrected chi connectivity index (χ0v) is 19.3. The van der Waals surface area contributed by atoms with Gasteiger partial charge in [-0.1, -0.05) is 26.0 Å². The van der Waals surface area contributed by atoms with E-state index in [1.165, 1.54) is 0 Å². The second-order valence-electron chi connectivity index (χ2n) is 8.81. The SMILES string of the molecule is COc1cccc(CC(=O)N2CCC(Oc3nc(C(C)C)nc4c3CCOCC4)CC2)c1. The van der Waals surface area contributed by atoms with Crippen molar-refractivity contribution in [1.82, 2.24) is 14.9 Å². The van der Waals surface area contributed by atoms with E-state index in [9.17, 15) is 4.79 Å². The van der Waals surface area contributed by atoms with Crippen LogP contribution in [-0.4, -0.2) is 60.3 Å². The van der Waals surface area contributed by atoms with Crippen LogP contribution in [0.15, 0.2) is 24.3 Å². The van der Waals surface area contributed by atoms with Crippen LogP contribution in [0.4, 0.5) is 0 Å². The number of carbonyl (C=O) groups excluding carboxylic acids is 1. The Morgan fingerprint density at radius 3 is 2.72 bits per heavy atom. The van der Waals surface area contributed by atoms with Gasteiger partial charge in [-0.25, -0.2) is 4.98 Å². The lowest BCUT2D eigenvalue weighted by atomic mass is 10.1. The van der Waals surface area contributed by atoms with E-state index in [1.54, 1.807) is 7.11 Å². The highest BCUT2D eigenvalue weighted by Gasteiger charge is 2.27. The van der Waals surface area contributed by atoms with Crippen LogP contribution >= 0.6 is 0 Å². The van der Waals surface area contributed by atoms with Crippen molar-refractivity contribution in [2.24, 2.45) is 0 Å². The van der Waals surface area contributed by atoms with Gasteiger partial charge in [0.05, 0.1) is 32.4 Å². The van der Waals surface area contributed by atoms with Crippen LogP contribution in [0.1, 0.15) is 55.3 Å². The summed E-state index contributed by atoms with van der Waals surface area (Å²) in [6.07, 6.45) is 3.62. The van der Waals surface area contributed by atoms with E-state index < -0.39 is 0 Å². The number of piperidine rings is 1. The van der Waals surface area contributed by atoms with Gasteiger partial charge in [-0.05, 0) is 17.7 Å². The lowest BCUT2D eigenvalue weighted by molar-refractivity contribution is -0.132. The second kappa shape index (κ2) is 10.3. The van der Waals surface area contributed by atoms with E-state index in [2.05, 4.69) is 13.8 Å². The Balaban J connectivity index is 1.38. The number of carbonyl (C=O) groups is 1. The van der Waals surface area contributed by atoms with E-state index in [4.69, 9.17) is 24.2 Å². The molecule has 1 saturated heterocycles. The maximum absolute atomic E-state index is 12.8. The summed E-state index contributed by atoms with van der Waals surface area (Å²) in [5.41, 5.74) is 3.12. The number of nitrogens with zero attached hydrogens (tertiary/aromatic N) is 3. The molecule has 0 bridgehead atoms. The largest absolute Gasteiger partial charge is 0.497 e. The van der Waals surface area contributed by atoms with Gasteiger partial charge in [0, 0.05) is 50.3 Å². The molecule has 0 radical (unpaired) electrons. The van der Waals surface area contributed by atoms with Crippen LogP contribution in [0, 0.1) is 0 Å². The summed E-state index contributed by atoms with van der Waals surface area (Å²) in [5, 5.41) is 0. The Bertz CT molecular complexity index is 939. The van der Waals surface area contributed by atoms with Gasteiger partial charge in [0.1, 0.15) is 17.7 Å². The molecule has 0 saturated carbocycles. The van der Waals surface area contributed by atoms with Gasteiger partial charge in [0.2, 0.25) is 11.8 Å². The Morgan fingerprint density at radius 2 is 1.97 bits per heavy atom. The fourth-order valence-corrected chi connectivity index (χ4v) is 4.23. The molecule has 3 heterocycles. The van der Waals surface area contributed by atoms with Gasteiger partial charge < -0.3 is 19.1 Å². The molecule has 1 fully saturated rings. The third-order valence-electron chi connectivity index (χ3n) is 6.13. The molecule has 1 aromatic carbocycles. The minimum Gasteiger partial charge on any atom is -0.497 e. The van der Waals surface area contributed by atoms with Crippen molar-refractivity contribution in [3.05, 3.63) is 46.9 Å². The molecule has 1 aromatic heterocycles. The highest BCUT2D eigenvalue weighted by atomic mass is 16.5. The van der Waals surface area contributed by atoms with Gasteiger partial charge in [0.25, 0.3) is 0 Å². The lowest BCUT2D eigenvalue weighted by Gasteiger charge is -2.32. The second-order valence-corrected chi connectivity index (χ2v) is 8.81. The summed E-state index contributed by atoms with van der Waals surface area (Å²) in [6.45, 7) is 6.96. The van der Waals surface area contributed by atoms with Crippen molar-refractivity contribution in [3.63, 3.8) is 0 Å². The molecule has 32 heavy (non-hydrogen) atoms. The van der Waals surface area contributed by atoms with Crippen molar-refractivity contribution in [2.45, 2.75) is 58.0 Å². The van der Waals surface area contributed by atoms with Gasteiger partial charge >= 0.3 is 0 Å². The quantitative estimate of drug-likeness (QED) is 0.687. The molecule has 2 aliphatic heterocycles. The zero-order valence-electron chi connectivity index (χ0n) is 19.3. The molecule has 2 aromatic rings. The highest BCUT2D eigenvalue weighted by Crippen LogP contribution is 2.28. The van der Waals surface area contributed by atoms with Gasteiger partial charge in [0.15, 0.2) is 0 Å². The van der Waals surface area contributed by atoms with E-state index in [0.29, 0.717) is 38.6 Å². The average molecular weight is 440 g/mol. The van der Waals surface area contributed by atoms with E-state index in [1.807, 2.05) is 29.2 Å². The molecule has 7 heteroatoms. The summed E-state index contributed by atoms with van der Waals surface area (Å²) in [4.78, 5) is 24.3. The normalized spacial score (nSPS) is 17.1. The number of hydrogen-bond acceptors (Lipinski definition) is 6. The highest BCUT2D eigenvalue weighted by molar-refractivity contribution is 5.79. The first-order valence-corrected chi connectivity index (χ1v) is 11.6. The first-order valence-electron chi connectivity index (χ1n) is 11.6. The molecular formula is C25H33N3O4. The predicted octanol–water partition coefficient (Wildman–Crippen LogP) is 3.34. The maximum atomic E-state index is 12.8. The Hall–Kier alpha value is -2.67. The van der Waals surface area contributed by atoms with Crippen molar-refractivity contribution in [1.29, 1.82) is 0 Å². The van der Waals surface area contributed by atoms with Crippen molar-refractivity contribution in [2.75, 3.05) is 33.4 Å². The summed E-state index contributed by atoms with van der Waals surface area (Å²) in [5.74, 6) is 2.70. The van der Waals surface area contributed by atoms with Crippen molar-refractivity contribution in [3.8, 4) is 11.6 Å². The molecule has 1 amide bonds. The van der Waals surface area contributed by atoms with Crippen molar-refractivity contribution >= 4 is 5.91 Å². The number of ether oxygens (including phenoxy) is 3. The van der Waals surface area contributed by atoms with Crippen LogP contribution in [0.5, 0.6) is 11.6 Å². The number of hydrogen-bond donors (Lipinski definition) is 0. The van der Waals surface area contributed by atoms with E-state index in [0.717, 1.165) is 54.1 Å². The molecule has 4 rings (SSSR count). The van der Waals surface area contributed by atoms with Crippen LogP contribution in [0.25, 0.3) is 0 Å². The first kappa shape index (κ1) is 22.5. The molecule has 0 unspecified atom stereocenters. The summed E-state index contributed by atoms with van der Waals surface area (Å²) < 4.78 is 17.3. The van der Waals surface area contributed by atoms with Crippen molar-refractivity contribution < 1.29 is 19.0 Å². The third kappa shape index (κ3) is 5.38. The maximum Gasteiger partial charge on any atom is 0.226 e. The number of likely N-dealkylation sites (tertiary alicyclic amines) is 1. The molecule has 7 nitrogen and oxygen atoms in total. The molecular weight excluding hydrogens is 406 g/mol. The minimum absolute atomic E-state index is 0.0547. The van der Waals surface area contributed by atoms with Crippen LogP contribution in [-0.2, 0) is 28.8 Å². The Kier molecular flexibility index (Phi) is 7.25. The fourth-order valence-electron chi connectivity index (χ4n) is 4.23. The number of benzene rings is 1. The zero-order chi connectivity index (χ0) is 22.5. The minimum atomic E-state index is 0.0547. The van der Waals surface area contributed by atoms with Gasteiger partial charge in [-0.15, -0.1) is 0 Å². The number of rotatable bonds is 6. The Morgan fingerprint density at radius 1 is 1.19 bits per heavy atom. The van der Waals surface area contributed by atoms with Gasteiger partial charge in [-0.3, -0.25) is 4.79 Å². The number of aromatic nitrogens is 2. The molecule has 0 spiro atoms. The number of amides is 1. The smallest absolute Gasteiger partial charge is 0.226 e. The standard InChI is InChI=1S/C25H33N3O4/c1-17(2)24-26-22-10-14-31-13-9-21(22)25(27-24)32-19-7-11-28(12-8-19)23(29)16-18-5-4-6-20(15-18)30-3/h4-6,15,17,19H,7-14,16H2,1-3H3. The monoisotopic (exact) mass is 439 g/mol. The van der Waals surface area contributed by atoms with Crippen LogP contribution in [0.3, 0.4) is 0 Å². The topological polar surface area (TPSA) is 73.8 Å². The lowest BCUT2D eigenvalue weighted by Crippen LogP contribution is -2.42. The molecule has 0 atom stereocenters. The average Bonchev–Trinajstić information content (AvgIpc) is 3.05. The van der Waals surface area contributed by atoms with Crippen LogP contribution < -0.4 is 9.47 Å². The first-order chi connectivity index (χ1) is 15.5. The molecule has 0 N–H and O–H groups in total. The predicted molar refractivity (Wildman–Crippen MR) is 121 cm³/mol. The summed E-state index contributed by atoms with van der Waals surface area (Å²) in [7, 11) is 1.64. The van der Waals surface area contributed by atoms with Crippen LogP contribution in [0.2, 0.25) is 0 Å². The molecule has 2 aliphatic rings. The fraction of sp³-hybridized carbons (Fsp3) is 0.560.